The van der Waals surface area contributed by atoms with E-state index in [2.05, 4.69) is 25.7 Å². The first kappa shape index (κ1) is 14.9. The van der Waals surface area contributed by atoms with Gasteiger partial charge in [0.05, 0.1) is 12.2 Å². The SMILES string of the molecule is CCC1CN(C(C)C)c2cc(C(=O)CCN)ccc2O1. The Morgan fingerprint density at radius 3 is 2.85 bits per heavy atom. The zero-order valence-corrected chi connectivity index (χ0v) is 12.6. The average molecular weight is 276 g/mol. The minimum atomic E-state index is 0.0941. The van der Waals surface area contributed by atoms with Crippen molar-refractivity contribution in [2.75, 3.05) is 18.0 Å². The number of hydrogen-bond donors (Lipinski definition) is 1. The first-order chi connectivity index (χ1) is 9.56. The number of anilines is 1. The summed E-state index contributed by atoms with van der Waals surface area (Å²) >= 11 is 0. The molecule has 0 spiro atoms. The smallest absolute Gasteiger partial charge is 0.164 e. The molecule has 20 heavy (non-hydrogen) atoms. The van der Waals surface area contributed by atoms with Gasteiger partial charge in [-0.2, -0.15) is 0 Å². The third kappa shape index (κ3) is 2.96. The Hall–Kier alpha value is -1.55. The first-order valence-electron chi connectivity index (χ1n) is 7.37. The zero-order valence-electron chi connectivity index (χ0n) is 12.6. The number of ketones is 1. The van der Waals surface area contributed by atoms with Crippen molar-refractivity contribution in [2.45, 2.75) is 45.8 Å². The normalized spacial score (nSPS) is 17.9. The third-order valence-corrected chi connectivity index (χ3v) is 3.73. The Morgan fingerprint density at radius 1 is 1.50 bits per heavy atom. The average Bonchev–Trinajstić information content (AvgIpc) is 2.45. The summed E-state index contributed by atoms with van der Waals surface area (Å²) in [4.78, 5) is 14.3. The van der Waals surface area contributed by atoms with Gasteiger partial charge in [0.25, 0.3) is 0 Å². The second kappa shape index (κ2) is 6.27. The second-order valence-electron chi connectivity index (χ2n) is 5.54. The fourth-order valence-corrected chi connectivity index (χ4v) is 2.53. The molecule has 1 aromatic carbocycles. The van der Waals surface area contributed by atoms with Crippen LogP contribution in [0, 0.1) is 0 Å². The van der Waals surface area contributed by atoms with Crippen molar-refractivity contribution in [2.24, 2.45) is 5.73 Å². The molecule has 0 fully saturated rings. The molecule has 1 heterocycles. The third-order valence-electron chi connectivity index (χ3n) is 3.73. The number of carbonyl (C=O) groups excluding carboxylic acids is 1. The minimum absolute atomic E-state index is 0.0941. The van der Waals surface area contributed by atoms with Crippen molar-refractivity contribution < 1.29 is 9.53 Å². The molecule has 4 nitrogen and oxygen atoms in total. The van der Waals surface area contributed by atoms with Crippen molar-refractivity contribution in [1.82, 2.24) is 0 Å². The van der Waals surface area contributed by atoms with Gasteiger partial charge >= 0.3 is 0 Å². The number of hydrogen-bond acceptors (Lipinski definition) is 4. The van der Waals surface area contributed by atoms with Crippen LogP contribution in [0.5, 0.6) is 5.75 Å². The lowest BCUT2D eigenvalue weighted by atomic mass is 10.0. The van der Waals surface area contributed by atoms with Crippen LogP contribution in [0.15, 0.2) is 18.2 Å². The molecule has 110 valence electrons. The fraction of sp³-hybridized carbons (Fsp3) is 0.562. The van der Waals surface area contributed by atoms with E-state index in [0.29, 0.717) is 19.0 Å². The van der Waals surface area contributed by atoms with Crippen molar-refractivity contribution in [3.05, 3.63) is 23.8 Å². The standard InChI is InChI=1S/C16H24N2O2/c1-4-13-10-18(11(2)3)14-9-12(15(19)7-8-17)5-6-16(14)20-13/h5-6,9,11,13H,4,7-8,10,17H2,1-3H3. The van der Waals surface area contributed by atoms with Crippen molar-refractivity contribution in [1.29, 1.82) is 0 Å². The fourth-order valence-electron chi connectivity index (χ4n) is 2.53. The number of Topliss-reactive ketones (excluding diaryl/α,β-unsaturated/α-hetero) is 1. The largest absolute Gasteiger partial charge is 0.486 e. The molecule has 1 aromatic rings. The van der Waals surface area contributed by atoms with E-state index < -0.39 is 0 Å². The molecule has 0 amide bonds. The van der Waals surface area contributed by atoms with Gasteiger partial charge in [-0.05, 0) is 45.0 Å². The predicted molar refractivity (Wildman–Crippen MR) is 81.6 cm³/mol. The first-order valence-corrected chi connectivity index (χ1v) is 7.37. The summed E-state index contributed by atoms with van der Waals surface area (Å²) in [5, 5.41) is 0. The molecular formula is C16H24N2O2. The van der Waals surface area contributed by atoms with Gasteiger partial charge in [0.1, 0.15) is 11.9 Å². The number of rotatable bonds is 5. The van der Waals surface area contributed by atoms with Crippen LogP contribution in [0.2, 0.25) is 0 Å². The summed E-state index contributed by atoms with van der Waals surface area (Å²) in [5.74, 6) is 0.970. The number of nitrogens with two attached hydrogens (primary N) is 1. The van der Waals surface area contributed by atoms with Gasteiger partial charge in [0.2, 0.25) is 0 Å². The predicted octanol–water partition coefficient (Wildman–Crippen LogP) is 2.60. The van der Waals surface area contributed by atoms with E-state index in [0.717, 1.165) is 30.0 Å². The van der Waals surface area contributed by atoms with Crippen LogP contribution in [0.1, 0.15) is 44.0 Å². The highest BCUT2D eigenvalue weighted by Gasteiger charge is 2.27. The maximum Gasteiger partial charge on any atom is 0.164 e. The summed E-state index contributed by atoms with van der Waals surface area (Å²) < 4.78 is 5.98. The van der Waals surface area contributed by atoms with Gasteiger partial charge in [-0.25, -0.2) is 0 Å². The lowest BCUT2D eigenvalue weighted by Crippen LogP contribution is -2.43. The molecule has 0 saturated carbocycles. The van der Waals surface area contributed by atoms with E-state index in [-0.39, 0.29) is 11.9 Å². The number of ether oxygens (including phenoxy) is 1. The van der Waals surface area contributed by atoms with E-state index in [4.69, 9.17) is 10.5 Å². The summed E-state index contributed by atoms with van der Waals surface area (Å²) in [7, 11) is 0. The van der Waals surface area contributed by atoms with E-state index in [1.807, 2.05) is 18.2 Å². The molecule has 4 heteroatoms. The van der Waals surface area contributed by atoms with E-state index in [1.54, 1.807) is 0 Å². The minimum Gasteiger partial charge on any atom is -0.486 e. The maximum atomic E-state index is 12.0. The monoisotopic (exact) mass is 276 g/mol. The van der Waals surface area contributed by atoms with E-state index in [9.17, 15) is 4.79 Å². The molecule has 1 aliphatic heterocycles. The Morgan fingerprint density at radius 2 is 2.25 bits per heavy atom. The van der Waals surface area contributed by atoms with Gasteiger partial charge < -0.3 is 15.4 Å². The van der Waals surface area contributed by atoms with E-state index in [1.165, 1.54) is 0 Å². The molecule has 1 unspecified atom stereocenters. The highest BCUT2D eigenvalue weighted by Crippen LogP contribution is 2.36. The number of fused-ring (bicyclic) bond motifs is 1. The Labute approximate surface area is 120 Å². The molecule has 0 bridgehead atoms. The molecule has 0 radical (unpaired) electrons. The van der Waals surface area contributed by atoms with Crippen LogP contribution in [0.4, 0.5) is 5.69 Å². The second-order valence-corrected chi connectivity index (χ2v) is 5.54. The summed E-state index contributed by atoms with van der Waals surface area (Å²) in [6.07, 6.45) is 1.59. The lowest BCUT2D eigenvalue weighted by Gasteiger charge is -2.38. The van der Waals surface area contributed by atoms with Gasteiger partial charge in [0, 0.05) is 18.0 Å². The van der Waals surface area contributed by atoms with Crippen LogP contribution in [-0.4, -0.2) is 31.0 Å². The van der Waals surface area contributed by atoms with Crippen LogP contribution < -0.4 is 15.4 Å². The molecular weight excluding hydrogens is 252 g/mol. The lowest BCUT2D eigenvalue weighted by molar-refractivity contribution is 0.0985. The van der Waals surface area contributed by atoms with Crippen molar-refractivity contribution in [3.8, 4) is 5.75 Å². The molecule has 2 rings (SSSR count). The summed E-state index contributed by atoms with van der Waals surface area (Å²) in [6.45, 7) is 7.72. The Balaban J connectivity index is 2.35. The Bertz CT molecular complexity index is 485. The van der Waals surface area contributed by atoms with Crippen LogP contribution in [0.25, 0.3) is 0 Å². The molecule has 0 aromatic heterocycles. The zero-order chi connectivity index (χ0) is 14.7. The van der Waals surface area contributed by atoms with Gasteiger partial charge in [-0.1, -0.05) is 6.92 Å². The van der Waals surface area contributed by atoms with Crippen LogP contribution >= 0.6 is 0 Å². The van der Waals surface area contributed by atoms with Gasteiger partial charge in [0.15, 0.2) is 5.78 Å². The number of nitrogens with zero attached hydrogens (tertiary/aromatic N) is 1. The van der Waals surface area contributed by atoms with Gasteiger partial charge in [-0.15, -0.1) is 0 Å². The molecule has 0 saturated heterocycles. The van der Waals surface area contributed by atoms with Crippen molar-refractivity contribution >= 4 is 11.5 Å². The highest BCUT2D eigenvalue weighted by atomic mass is 16.5. The quantitative estimate of drug-likeness (QED) is 0.840. The molecule has 1 atom stereocenters. The Kier molecular flexibility index (Phi) is 4.65. The number of benzene rings is 1. The molecule has 2 N–H and O–H groups in total. The van der Waals surface area contributed by atoms with E-state index >= 15 is 0 Å². The maximum absolute atomic E-state index is 12.0. The summed E-state index contributed by atoms with van der Waals surface area (Å²) in [6, 6.07) is 6.08. The topological polar surface area (TPSA) is 55.6 Å². The van der Waals surface area contributed by atoms with Crippen LogP contribution in [0.3, 0.4) is 0 Å². The summed E-state index contributed by atoms with van der Waals surface area (Å²) in [5.41, 5.74) is 7.20. The van der Waals surface area contributed by atoms with Crippen LogP contribution in [-0.2, 0) is 0 Å². The number of carbonyl (C=O) groups is 1. The highest BCUT2D eigenvalue weighted by molar-refractivity contribution is 5.97. The van der Waals surface area contributed by atoms with Gasteiger partial charge in [-0.3, -0.25) is 4.79 Å². The molecule has 0 aliphatic carbocycles. The van der Waals surface area contributed by atoms with Crippen molar-refractivity contribution in [3.63, 3.8) is 0 Å². The molecule has 1 aliphatic rings.